The summed E-state index contributed by atoms with van der Waals surface area (Å²) in [5, 5.41) is 12.2. The largest absolute Gasteiger partial charge is 0.454 e. The lowest BCUT2D eigenvalue weighted by Gasteiger charge is -2.53. The number of aliphatic hydroxyl groups is 1. The zero-order chi connectivity index (χ0) is 28.2. The van der Waals surface area contributed by atoms with Gasteiger partial charge in [-0.25, -0.2) is 0 Å². The highest BCUT2D eigenvalue weighted by Gasteiger charge is 2.62. The van der Waals surface area contributed by atoms with Crippen LogP contribution in [0.25, 0.3) is 11.1 Å². The second-order valence-electron chi connectivity index (χ2n) is 13.0. The van der Waals surface area contributed by atoms with Gasteiger partial charge in [-0.15, -0.1) is 5.92 Å². The van der Waals surface area contributed by atoms with Crippen molar-refractivity contribution in [1.29, 1.82) is 0 Å². The summed E-state index contributed by atoms with van der Waals surface area (Å²) < 4.78 is 11.1. The Labute approximate surface area is 243 Å². The number of carbonyl (C=O) groups is 1. The van der Waals surface area contributed by atoms with Crippen LogP contribution in [0.2, 0.25) is 0 Å². The Morgan fingerprint density at radius 2 is 1.80 bits per heavy atom. The van der Waals surface area contributed by atoms with Gasteiger partial charge < -0.3 is 14.6 Å². The number of hydrogen-bond donors (Lipinski definition) is 1. The zero-order valence-electron chi connectivity index (χ0n) is 24.3. The van der Waals surface area contributed by atoms with E-state index < -0.39 is 5.60 Å². The van der Waals surface area contributed by atoms with Crippen molar-refractivity contribution >= 4 is 5.78 Å². The monoisotopic (exact) mass is 548 g/mol. The molecule has 0 unspecified atom stereocenters. The Morgan fingerprint density at radius 3 is 2.63 bits per heavy atom. The smallest absolute Gasteiger partial charge is 0.231 e. The summed E-state index contributed by atoms with van der Waals surface area (Å²) in [6.45, 7) is 4.78. The van der Waals surface area contributed by atoms with Gasteiger partial charge in [-0.3, -0.25) is 4.79 Å². The van der Waals surface area contributed by atoms with Crippen LogP contribution in [0, 0.1) is 29.1 Å². The number of hydrogen-bond acceptors (Lipinski definition) is 4. The van der Waals surface area contributed by atoms with E-state index in [0.717, 1.165) is 80.4 Å². The first-order valence-electron chi connectivity index (χ1n) is 15.6. The van der Waals surface area contributed by atoms with Gasteiger partial charge in [-0.2, -0.15) is 0 Å². The molecule has 4 aliphatic carbocycles. The molecule has 0 amide bonds. The fourth-order valence-electron chi connectivity index (χ4n) is 8.63. The molecule has 41 heavy (non-hydrogen) atoms. The number of fused-ring (bicyclic) bond motifs is 5. The Balaban J connectivity index is 1.29. The minimum absolute atomic E-state index is 0.209. The van der Waals surface area contributed by atoms with Crippen molar-refractivity contribution in [3.05, 3.63) is 70.8 Å². The molecule has 0 radical (unpaired) electrons. The summed E-state index contributed by atoms with van der Waals surface area (Å²) in [5.41, 5.74) is 6.59. The van der Waals surface area contributed by atoms with Crippen LogP contribution in [-0.2, 0) is 4.79 Å². The van der Waals surface area contributed by atoms with E-state index in [0.29, 0.717) is 18.3 Å². The van der Waals surface area contributed by atoms with Crippen LogP contribution in [-0.4, -0.2) is 23.3 Å². The highest BCUT2D eigenvalue weighted by molar-refractivity contribution is 5.93. The second kappa shape index (κ2) is 10.2. The summed E-state index contributed by atoms with van der Waals surface area (Å²) in [6.07, 6.45) is 11.1. The maximum absolute atomic E-state index is 12.4. The van der Waals surface area contributed by atoms with E-state index in [-0.39, 0.29) is 23.9 Å². The molecular formula is C37H40O4. The standard InChI is InChI=1S/C37H40O4/c1-3-4-5-6-18-37(39)19-17-32-30-14-11-27-20-28(38)13-15-29(27)35(30)31(22-36(32,37)2)25-9-7-24(8-10-25)26-12-16-33-34(21-26)41-23-40-33/h7-10,12,16,20-21,30-32,39H,3-5,11,13-15,17,19,22-23H2,1-2H3/t30-,31+,32-,36-,37-/m0/s1. The molecule has 4 heteroatoms. The quantitative estimate of drug-likeness (QED) is 0.312. The van der Waals surface area contributed by atoms with E-state index in [1.165, 1.54) is 16.7 Å². The molecule has 2 aromatic rings. The van der Waals surface area contributed by atoms with Crippen LogP contribution in [0.1, 0.15) is 89.5 Å². The number of ketones is 1. The number of ether oxygens (including phenoxy) is 2. The number of rotatable bonds is 4. The molecular weight excluding hydrogens is 508 g/mol. The SMILES string of the molecule is CCCCC#C[C@]1(O)CC[C@H]2[C@@H]3CCC4=CC(=O)CCC4=C3[C@@H](c3ccc(-c4ccc5c(c4)OCO5)cc3)C[C@@]21C. The van der Waals surface area contributed by atoms with Crippen molar-refractivity contribution in [3.8, 4) is 34.5 Å². The third kappa shape index (κ3) is 4.36. The van der Waals surface area contributed by atoms with Crippen molar-refractivity contribution in [2.24, 2.45) is 17.3 Å². The summed E-state index contributed by atoms with van der Waals surface area (Å²) in [4.78, 5) is 12.4. The van der Waals surface area contributed by atoms with E-state index in [4.69, 9.17) is 9.47 Å². The molecule has 0 saturated heterocycles. The van der Waals surface area contributed by atoms with E-state index in [9.17, 15) is 9.90 Å². The van der Waals surface area contributed by atoms with Crippen LogP contribution >= 0.6 is 0 Å². The summed E-state index contributed by atoms with van der Waals surface area (Å²) in [7, 11) is 0. The van der Waals surface area contributed by atoms with Gasteiger partial charge in [-0.1, -0.05) is 62.1 Å². The van der Waals surface area contributed by atoms with Gasteiger partial charge in [0.05, 0.1) is 0 Å². The fraction of sp³-hybridized carbons (Fsp3) is 0.486. The van der Waals surface area contributed by atoms with Gasteiger partial charge in [0.25, 0.3) is 0 Å². The Hall–Kier alpha value is -3.29. The lowest BCUT2D eigenvalue weighted by atomic mass is 9.51. The van der Waals surface area contributed by atoms with E-state index in [1.807, 2.05) is 12.1 Å². The molecule has 0 aromatic heterocycles. The van der Waals surface area contributed by atoms with Crippen molar-refractivity contribution in [2.45, 2.75) is 89.6 Å². The Morgan fingerprint density at radius 1 is 1.00 bits per heavy atom. The van der Waals surface area contributed by atoms with Gasteiger partial charge in [0.15, 0.2) is 17.3 Å². The topological polar surface area (TPSA) is 55.8 Å². The van der Waals surface area contributed by atoms with E-state index in [1.54, 1.807) is 5.57 Å². The van der Waals surface area contributed by atoms with Gasteiger partial charge in [0, 0.05) is 24.2 Å². The number of unbranched alkanes of at least 4 members (excludes halogenated alkanes) is 2. The maximum Gasteiger partial charge on any atom is 0.231 e. The van der Waals surface area contributed by atoms with E-state index >= 15 is 0 Å². The molecule has 4 nitrogen and oxygen atoms in total. The predicted octanol–water partition coefficient (Wildman–Crippen LogP) is 7.91. The lowest BCUT2D eigenvalue weighted by molar-refractivity contribution is -0.114. The number of carbonyl (C=O) groups excluding carboxylic acids is 1. The van der Waals surface area contributed by atoms with Crippen molar-refractivity contribution < 1.29 is 19.4 Å². The Bertz CT molecular complexity index is 1500. The zero-order valence-corrected chi connectivity index (χ0v) is 24.3. The minimum atomic E-state index is -0.953. The summed E-state index contributed by atoms with van der Waals surface area (Å²) in [5.74, 6) is 9.71. The van der Waals surface area contributed by atoms with Gasteiger partial charge in [0.1, 0.15) is 5.60 Å². The molecule has 1 heterocycles. The highest BCUT2D eigenvalue weighted by atomic mass is 16.7. The first-order chi connectivity index (χ1) is 19.9. The van der Waals surface area contributed by atoms with Crippen LogP contribution in [0.4, 0.5) is 0 Å². The average molecular weight is 549 g/mol. The van der Waals surface area contributed by atoms with Gasteiger partial charge >= 0.3 is 0 Å². The molecule has 1 aliphatic heterocycles. The second-order valence-corrected chi connectivity index (χ2v) is 13.0. The highest BCUT2D eigenvalue weighted by Crippen LogP contribution is 2.66. The van der Waals surface area contributed by atoms with Gasteiger partial charge in [-0.05, 0) is 103 Å². The van der Waals surface area contributed by atoms with Crippen molar-refractivity contribution in [3.63, 3.8) is 0 Å². The molecule has 0 spiro atoms. The summed E-state index contributed by atoms with van der Waals surface area (Å²) in [6, 6.07) is 15.1. The maximum atomic E-state index is 12.4. The van der Waals surface area contributed by atoms with Crippen molar-refractivity contribution in [2.75, 3.05) is 6.79 Å². The van der Waals surface area contributed by atoms with Crippen LogP contribution in [0.15, 0.2) is 65.3 Å². The molecule has 1 N–H and O–H groups in total. The normalized spacial score (nSPS) is 31.5. The molecule has 212 valence electrons. The molecule has 5 atom stereocenters. The molecule has 2 saturated carbocycles. The third-order valence-electron chi connectivity index (χ3n) is 10.9. The van der Waals surface area contributed by atoms with E-state index in [2.05, 4.69) is 62.1 Å². The number of benzene rings is 2. The first kappa shape index (κ1) is 26.6. The summed E-state index contributed by atoms with van der Waals surface area (Å²) >= 11 is 0. The lowest BCUT2D eigenvalue weighted by Crippen LogP contribution is -2.51. The molecule has 2 aromatic carbocycles. The van der Waals surface area contributed by atoms with Gasteiger partial charge in [0.2, 0.25) is 6.79 Å². The molecule has 2 fully saturated rings. The third-order valence-corrected chi connectivity index (χ3v) is 10.9. The van der Waals surface area contributed by atoms with Crippen LogP contribution in [0.5, 0.6) is 11.5 Å². The molecule has 0 bridgehead atoms. The first-order valence-corrected chi connectivity index (χ1v) is 15.6. The van der Waals surface area contributed by atoms with Crippen LogP contribution in [0.3, 0.4) is 0 Å². The Kier molecular flexibility index (Phi) is 6.62. The fourth-order valence-corrected chi connectivity index (χ4v) is 8.63. The van der Waals surface area contributed by atoms with Crippen molar-refractivity contribution in [1.82, 2.24) is 0 Å². The molecule has 7 rings (SSSR count). The minimum Gasteiger partial charge on any atom is -0.454 e. The average Bonchev–Trinajstić information content (AvgIpc) is 3.56. The number of allylic oxidation sites excluding steroid dienone is 4. The molecule has 5 aliphatic rings. The van der Waals surface area contributed by atoms with Crippen LogP contribution < -0.4 is 9.47 Å². The predicted molar refractivity (Wildman–Crippen MR) is 161 cm³/mol.